The third-order valence-electron chi connectivity index (χ3n) is 2.01. The molecule has 0 atom stereocenters. The molecule has 0 aliphatic rings. The Hall–Kier alpha value is 0.830. The molecule has 0 radical (unpaired) electrons. The van der Waals surface area contributed by atoms with E-state index in [0.29, 0.717) is 10.7 Å². The summed E-state index contributed by atoms with van der Waals surface area (Å²) < 4.78 is 27.0. The van der Waals surface area contributed by atoms with Crippen LogP contribution >= 0.6 is 31.9 Å². The Kier molecular flexibility index (Phi) is 6.13. The second-order valence-electron chi connectivity index (χ2n) is 3.29. The maximum atomic E-state index is 11.6. The van der Waals surface area contributed by atoms with E-state index in [1.807, 2.05) is 6.92 Å². The molecule has 0 saturated carbocycles. The molecule has 0 aliphatic carbocycles. The lowest BCUT2D eigenvalue weighted by Gasteiger charge is -2.30. The van der Waals surface area contributed by atoms with E-state index >= 15 is 0 Å². The number of nitrogens with zero attached hydrogens (tertiary/aromatic N) is 1. The Bertz CT molecular complexity index is 255. The van der Waals surface area contributed by atoms with E-state index in [4.69, 9.17) is 0 Å². The Morgan fingerprint density at radius 2 is 1.71 bits per heavy atom. The van der Waals surface area contributed by atoms with Gasteiger partial charge in [0.2, 0.25) is 0 Å². The van der Waals surface area contributed by atoms with Crippen molar-refractivity contribution in [3.8, 4) is 0 Å². The van der Waals surface area contributed by atoms with E-state index in [0.717, 1.165) is 6.42 Å². The lowest BCUT2D eigenvalue weighted by atomic mass is 10.0. The molecule has 0 saturated heterocycles. The second-order valence-corrected chi connectivity index (χ2v) is 6.30. The van der Waals surface area contributed by atoms with Gasteiger partial charge in [0.1, 0.15) is 0 Å². The van der Waals surface area contributed by atoms with Gasteiger partial charge in [-0.05, 0) is 6.42 Å². The molecule has 86 valence electrons. The van der Waals surface area contributed by atoms with Crippen molar-refractivity contribution in [1.82, 2.24) is 9.03 Å². The number of nitrogens with one attached hydrogen (secondary N) is 1. The van der Waals surface area contributed by atoms with Gasteiger partial charge in [-0.25, -0.2) is 0 Å². The summed E-state index contributed by atoms with van der Waals surface area (Å²) in [5.74, 6) is 0. The van der Waals surface area contributed by atoms with Crippen molar-refractivity contribution in [3.05, 3.63) is 0 Å². The highest BCUT2D eigenvalue weighted by atomic mass is 79.9. The van der Waals surface area contributed by atoms with Crippen molar-refractivity contribution in [2.75, 3.05) is 24.8 Å². The van der Waals surface area contributed by atoms with E-state index in [1.165, 1.54) is 18.4 Å². The van der Waals surface area contributed by atoms with Crippen LogP contribution in [-0.2, 0) is 10.2 Å². The maximum absolute atomic E-state index is 11.6. The van der Waals surface area contributed by atoms with Gasteiger partial charge in [-0.3, -0.25) is 0 Å². The normalized spacial score (nSPS) is 13.6. The monoisotopic (exact) mass is 350 g/mol. The topological polar surface area (TPSA) is 49.4 Å². The number of rotatable bonds is 6. The quantitative estimate of drug-likeness (QED) is 0.734. The fourth-order valence-corrected chi connectivity index (χ4v) is 4.11. The van der Waals surface area contributed by atoms with E-state index < -0.39 is 15.7 Å². The molecule has 0 aromatic carbocycles. The third kappa shape index (κ3) is 3.77. The first-order chi connectivity index (χ1) is 6.33. The number of hydrogen-bond acceptors (Lipinski definition) is 2. The molecule has 0 aliphatic heterocycles. The van der Waals surface area contributed by atoms with Crippen molar-refractivity contribution < 1.29 is 8.42 Å². The van der Waals surface area contributed by atoms with Crippen LogP contribution in [0.3, 0.4) is 0 Å². The molecule has 0 heterocycles. The molecular weight excluding hydrogens is 336 g/mol. The van der Waals surface area contributed by atoms with Gasteiger partial charge in [0.15, 0.2) is 0 Å². The fourth-order valence-electron chi connectivity index (χ4n) is 0.716. The van der Waals surface area contributed by atoms with E-state index in [9.17, 15) is 8.42 Å². The van der Waals surface area contributed by atoms with Crippen LogP contribution in [0.5, 0.6) is 0 Å². The third-order valence-corrected chi connectivity index (χ3v) is 5.81. The molecule has 4 nitrogen and oxygen atoms in total. The van der Waals surface area contributed by atoms with Crippen molar-refractivity contribution in [3.63, 3.8) is 0 Å². The minimum absolute atomic E-state index is 0.455. The van der Waals surface area contributed by atoms with Crippen LogP contribution in [0.2, 0.25) is 0 Å². The van der Waals surface area contributed by atoms with Gasteiger partial charge in [0.05, 0.1) is 5.54 Å². The van der Waals surface area contributed by atoms with E-state index in [2.05, 4.69) is 36.6 Å². The first-order valence-electron chi connectivity index (χ1n) is 4.17. The van der Waals surface area contributed by atoms with Crippen LogP contribution in [-0.4, -0.2) is 43.0 Å². The predicted octanol–water partition coefficient (Wildman–Crippen LogP) is 1.32. The highest BCUT2D eigenvalue weighted by Gasteiger charge is 2.31. The second kappa shape index (κ2) is 5.79. The molecular formula is C7H16Br2N2O2S. The molecule has 7 heteroatoms. The molecule has 14 heavy (non-hydrogen) atoms. The summed E-state index contributed by atoms with van der Waals surface area (Å²) in [5.41, 5.74) is -0.455. The molecule has 0 fully saturated rings. The van der Waals surface area contributed by atoms with Crippen molar-refractivity contribution >= 4 is 42.1 Å². The average molecular weight is 352 g/mol. The van der Waals surface area contributed by atoms with Crippen molar-refractivity contribution in [2.24, 2.45) is 0 Å². The highest BCUT2D eigenvalue weighted by Crippen LogP contribution is 2.18. The van der Waals surface area contributed by atoms with Crippen molar-refractivity contribution in [2.45, 2.75) is 18.9 Å². The lowest BCUT2D eigenvalue weighted by Crippen LogP contribution is -2.54. The standard InChI is InChI=1S/C7H16Br2N2O2S/c1-4-7(5-8,6-9)10-14(12,13)11(2)3/h10H,4-6H2,1-3H3. The van der Waals surface area contributed by atoms with Crippen LogP contribution in [0, 0.1) is 0 Å². The van der Waals surface area contributed by atoms with E-state index in [1.54, 1.807) is 0 Å². The lowest BCUT2D eigenvalue weighted by molar-refractivity contribution is 0.430. The molecule has 0 aromatic rings. The fraction of sp³-hybridized carbons (Fsp3) is 1.00. The summed E-state index contributed by atoms with van der Waals surface area (Å²) in [5, 5.41) is 1.16. The minimum atomic E-state index is -3.37. The number of halogens is 2. The van der Waals surface area contributed by atoms with Gasteiger partial charge < -0.3 is 0 Å². The van der Waals surface area contributed by atoms with Gasteiger partial charge >= 0.3 is 0 Å². The smallest absolute Gasteiger partial charge is 0.195 e. The zero-order valence-electron chi connectivity index (χ0n) is 8.55. The average Bonchev–Trinajstić information content (AvgIpc) is 2.14. The minimum Gasteiger partial charge on any atom is -0.195 e. The predicted molar refractivity (Wildman–Crippen MR) is 66.4 cm³/mol. The molecule has 0 rings (SSSR count). The van der Waals surface area contributed by atoms with Crippen LogP contribution in [0.15, 0.2) is 0 Å². The summed E-state index contributed by atoms with van der Waals surface area (Å²) in [6, 6.07) is 0. The Labute approximate surface area is 103 Å². The van der Waals surface area contributed by atoms with Crippen LogP contribution in [0.4, 0.5) is 0 Å². The van der Waals surface area contributed by atoms with Gasteiger partial charge in [-0.2, -0.15) is 17.4 Å². The SMILES string of the molecule is CCC(CBr)(CBr)NS(=O)(=O)N(C)C. The molecule has 0 aromatic heterocycles. The molecule has 0 amide bonds. The van der Waals surface area contributed by atoms with Crippen LogP contribution in [0.25, 0.3) is 0 Å². The molecule has 0 spiro atoms. The number of hydrogen-bond donors (Lipinski definition) is 1. The first-order valence-corrected chi connectivity index (χ1v) is 7.85. The molecule has 0 unspecified atom stereocenters. The van der Waals surface area contributed by atoms with Gasteiger partial charge in [0, 0.05) is 24.8 Å². The Balaban J connectivity index is 4.78. The van der Waals surface area contributed by atoms with Crippen molar-refractivity contribution in [1.29, 1.82) is 0 Å². The number of alkyl halides is 2. The molecule has 1 N–H and O–H groups in total. The first kappa shape index (κ1) is 14.8. The summed E-state index contributed by atoms with van der Waals surface area (Å²) in [4.78, 5) is 0. The highest BCUT2D eigenvalue weighted by molar-refractivity contribution is 9.09. The largest absolute Gasteiger partial charge is 0.279 e. The zero-order chi connectivity index (χ0) is 11.4. The summed E-state index contributed by atoms with van der Waals surface area (Å²) >= 11 is 6.64. The Morgan fingerprint density at radius 3 is 1.93 bits per heavy atom. The van der Waals surface area contributed by atoms with Crippen LogP contribution in [0.1, 0.15) is 13.3 Å². The Morgan fingerprint density at radius 1 is 1.29 bits per heavy atom. The van der Waals surface area contributed by atoms with Gasteiger partial charge in [-0.1, -0.05) is 38.8 Å². The van der Waals surface area contributed by atoms with E-state index in [-0.39, 0.29) is 0 Å². The summed E-state index contributed by atoms with van der Waals surface area (Å²) in [6.07, 6.45) is 0.719. The van der Waals surface area contributed by atoms with Gasteiger partial charge in [0.25, 0.3) is 10.2 Å². The maximum Gasteiger partial charge on any atom is 0.279 e. The summed E-state index contributed by atoms with van der Waals surface area (Å²) in [6.45, 7) is 1.95. The van der Waals surface area contributed by atoms with Gasteiger partial charge in [-0.15, -0.1) is 0 Å². The summed E-state index contributed by atoms with van der Waals surface area (Å²) in [7, 11) is -0.358. The van der Waals surface area contributed by atoms with Crippen LogP contribution < -0.4 is 4.72 Å². The molecule has 0 bridgehead atoms. The zero-order valence-corrected chi connectivity index (χ0v) is 12.5.